The van der Waals surface area contributed by atoms with Crippen LogP contribution in [0.3, 0.4) is 0 Å². The molecule has 0 saturated heterocycles. The van der Waals surface area contributed by atoms with Crippen molar-refractivity contribution in [3.8, 4) is 11.3 Å². The Bertz CT molecular complexity index is 720. The Kier molecular flexibility index (Phi) is 3.17. The number of aromatic nitrogens is 4. The van der Waals surface area contributed by atoms with Gasteiger partial charge in [-0.1, -0.05) is 42.8 Å². The van der Waals surface area contributed by atoms with Crippen molar-refractivity contribution in [3.05, 3.63) is 41.8 Å². The lowest BCUT2D eigenvalue weighted by Gasteiger charge is -2.03. The number of fused-ring (bicyclic) bond motifs is 1. The van der Waals surface area contributed by atoms with E-state index in [-0.39, 0.29) is 0 Å². The minimum atomic E-state index is 0.431. The van der Waals surface area contributed by atoms with E-state index in [4.69, 9.17) is 11.6 Å². The van der Waals surface area contributed by atoms with Crippen LogP contribution in [-0.4, -0.2) is 20.0 Å². The highest BCUT2D eigenvalue weighted by Gasteiger charge is 2.10. The zero-order valence-corrected chi connectivity index (χ0v) is 11.3. The summed E-state index contributed by atoms with van der Waals surface area (Å²) >= 11 is 6.08. The van der Waals surface area contributed by atoms with E-state index in [0.717, 1.165) is 35.0 Å². The van der Waals surface area contributed by atoms with Crippen LogP contribution in [0.25, 0.3) is 22.0 Å². The lowest BCUT2D eigenvalue weighted by Crippen LogP contribution is -1.95. The third-order valence-electron chi connectivity index (χ3n) is 3.00. The maximum Gasteiger partial charge on any atom is 0.159 e. The molecule has 3 rings (SSSR count). The molecular formula is C14H13ClN4. The summed E-state index contributed by atoms with van der Waals surface area (Å²) in [6.07, 6.45) is 4.86. The molecule has 0 atom stereocenters. The van der Waals surface area contributed by atoms with Crippen LogP contribution in [-0.2, 0) is 6.54 Å². The van der Waals surface area contributed by atoms with E-state index in [2.05, 4.69) is 22.2 Å². The van der Waals surface area contributed by atoms with Crippen molar-refractivity contribution >= 4 is 22.4 Å². The van der Waals surface area contributed by atoms with Gasteiger partial charge in [0.1, 0.15) is 5.69 Å². The quantitative estimate of drug-likeness (QED) is 0.732. The Balaban J connectivity index is 2.16. The lowest BCUT2D eigenvalue weighted by atomic mass is 10.1. The first-order valence-electron chi connectivity index (χ1n) is 6.23. The molecule has 0 radical (unpaired) electrons. The van der Waals surface area contributed by atoms with Gasteiger partial charge in [0, 0.05) is 29.1 Å². The van der Waals surface area contributed by atoms with Crippen molar-refractivity contribution in [2.45, 2.75) is 19.9 Å². The van der Waals surface area contributed by atoms with Gasteiger partial charge in [-0.3, -0.25) is 4.68 Å². The maximum absolute atomic E-state index is 6.08. The van der Waals surface area contributed by atoms with Crippen LogP contribution >= 0.6 is 11.6 Å². The van der Waals surface area contributed by atoms with Crippen LogP contribution in [0.2, 0.25) is 5.15 Å². The maximum atomic E-state index is 6.08. The summed E-state index contributed by atoms with van der Waals surface area (Å²) in [5, 5.41) is 14.9. The molecule has 3 aromatic rings. The number of aryl methyl sites for hydroxylation is 1. The monoisotopic (exact) mass is 272 g/mol. The Morgan fingerprint density at radius 2 is 1.95 bits per heavy atom. The van der Waals surface area contributed by atoms with Gasteiger partial charge in [0.05, 0.1) is 6.20 Å². The molecule has 2 aromatic heterocycles. The Morgan fingerprint density at radius 1 is 1.16 bits per heavy atom. The molecule has 0 saturated carbocycles. The summed E-state index contributed by atoms with van der Waals surface area (Å²) in [6, 6.07) is 7.87. The molecule has 5 heteroatoms. The highest BCUT2D eigenvalue weighted by Crippen LogP contribution is 2.28. The summed E-state index contributed by atoms with van der Waals surface area (Å²) < 4.78 is 1.92. The molecule has 0 bridgehead atoms. The van der Waals surface area contributed by atoms with E-state index < -0.39 is 0 Å². The first-order valence-corrected chi connectivity index (χ1v) is 6.61. The minimum Gasteiger partial charge on any atom is -0.272 e. The number of nitrogens with zero attached hydrogens (tertiary/aromatic N) is 4. The van der Waals surface area contributed by atoms with Crippen LogP contribution in [0.4, 0.5) is 0 Å². The first-order chi connectivity index (χ1) is 9.29. The standard InChI is InChI=1S/C14H13ClN4/c1-2-7-19-9-10(8-16-19)13-11-5-3-4-6-12(11)14(15)18-17-13/h3-6,8-9H,2,7H2,1H3. The van der Waals surface area contributed by atoms with E-state index >= 15 is 0 Å². The SMILES string of the molecule is CCCn1cc(-c2nnc(Cl)c3ccccc23)cn1. The third-order valence-corrected chi connectivity index (χ3v) is 3.28. The molecule has 4 nitrogen and oxygen atoms in total. The van der Waals surface area contributed by atoms with E-state index in [1.54, 1.807) is 0 Å². The summed E-state index contributed by atoms with van der Waals surface area (Å²) in [7, 11) is 0. The minimum absolute atomic E-state index is 0.431. The Morgan fingerprint density at radius 3 is 2.74 bits per heavy atom. The molecule has 0 N–H and O–H groups in total. The van der Waals surface area contributed by atoms with Crippen LogP contribution in [0.5, 0.6) is 0 Å². The van der Waals surface area contributed by atoms with Gasteiger partial charge in [0.25, 0.3) is 0 Å². The van der Waals surface area contributed by atoms with Gasteiger partial charge in [-0.2, -0.15) is 5.10 Å². The predicted octanol–water partition coefficient (Wildman–Crippen LogP) is 3.56. The van der Waals surface area contributed by atoms with Crippen molar-refractivity contribution < 1.29 is 0 Å². The molecule has 0 aliphatic carbocycles. The molecule has 1 aromatic carbocycles. The molecule has 96 valence electrons. The van der Waals surface area contributed by atoms with Crippen molar-refractivity contribution in [1.29, 1.82) is 0 Å². The summed E-state index contributed by atoms with van der Waals surface area (Å²) in [6.45, 7) is 3.03. The zero-order chi connectivity index (χ0) is 13.2. The molecule has 0 aliphatic rings. The van der Waals surface area contributed by atoms with Crippen molar-refractivity contribution in [1.82, 2.24) is 20.0 Å². The lowest BCUT2D eigenvalue weighted by molar-refractivity contribution is 0.603. The van der Waals surface area contributed by atoms with Crippen LogP contribution < -0.4 is 0 Å². The van der Waals surface area contributed by atoms with Gasteiger partial charge < -0.3 is 0 Å². The van der Waals surface area contributed by atoms with Crippen molar-refractivity contribution in [3.63, 3.8) is 0 Å². The Hall–Kier alpha value is -1.94. The Labute approximate surface area is 116 Å². The van der Waals surface area contributed by atoms with E-state index in [9.17, 15) is 0 Å². The number of hydrogen-bond acceptors (Lipinski definition) is 3. The number of benzene rings is 1. The van der Waals surface area contributed by atoms with Gasteiger partial charge in [-0.15, -0.1) is 10.2 Å². The molecule has 0 unspecified atom stereocenters. The zero-order valence-electron chi connectivity index (χ0n) is 10.5. The second-order valence-electron chi connectivity index (χ2n) is 4.38. The molecule has 2 heterocycles. The van der Waals surface area contributed by atoms with Gasteiger partial charge in [-0.05, 0) is 6.42 Å². The molecule has 19 heavy (non-hydrogen) atoms. The van der Waals surface area contributed by atoms with E-state index in [1.165, 1.54) is 0 Å². The van der Waals surface area contributed by atoms with Crippen molar-refractivity contribution in [2.75, 3.05) is 0 Å². The topological polar surface area (TPSA) is 43.6 Å². The molecule has 0 spiro atoms. The molecule has 0 fully saturated rings. The fraction of sp³-hybridized carbons (Fsp3) is 0.214. The summed E-state index contributed by atoms with van der Waals surface area (Å²) in [5.41, 5.74) is 1.79. The van der Waals surface area contributed by atoms with E-state index in [0.29, 0.717) is 5.15 Å². The number of halogens is 1. The van der Waals surface area contributed by atoms with Gasteiger partial charge >= 0.3 is 0 Å². The van der Waals surface area contributed by atoms with Crippen LogP contribution in [0, 0.1) is 0 Å². The van der Waals surface area contributed by atoms with Gasteiger partial charge in [0.15, 0.2) is 5.15 Å². The summed E-state index contributed by atoms with van der Waals surface area (Å²) in [5.74, 6) is 0. The highest BCUT2D eigenvalue weighted by molar-refractivity contribution is 6.34. The fourth-order valence-corrected chi connectivity index (χ4v) is 2.32. The van der Waals surface area contributed by atoms with E-state index in [1.807, 2.05) is 41.3 Å². The second kappa shape index (κ2) is 4.97. The fourth-order valence-electron chi connectivity index (χ4n) is 2.12. The number of rotatable bonds is 3. The molecule has 0 aliphatic heterocycles. The van der Waals surface area contributed by atoms with Gasteiger partial charge in [-0.25, -0.2) is 0 Å². The first kappa shape index (κ1) is 12.1. The van der Waals surface area contributed by atoms with Gasteiger partial charge in [0.2, 0.25) is 0 Å². The number of hydrogen-bond donors (Lipinski definition) is 0. The average Bonchev–Trinajstić information content (AvgIpc) is 2.88. The highest BCUT2D eigenvalue weighted by atomic mass is 35.5. The van der Waals surface area contributed by atoms with Crippen LogP contribution in [0.15, 0.2) is 36.7 Å². The second-order valence-corrected chi connectivity index (χ2v) is 4.74. The molecule has 0 amide bonds. The van der Waals surface area contributed by atoms with Crippen molar-refractivity contribution in [2.24, 2.45) is 0 Å². The smallest absolute Gasteiger partial charge is 0.159 e. The predicted molar refractivity (Wildman–Crippen MR) is 76.1 cm³/mol. The average molecular weight is 273 g/mol. The largest absolute Gasteiger partial charge is 0.272 e. The van der Waals surface area contributed by atoms with Crippen LogP contribution in [0.1, 0.15) is 13.3 Å². The molecular weight excluding hydrogens is 260 g/mol. The normalized spacial score (nSPS) is 11.1. The summed E-state index contributed by atoms with van der Waals surface area (Å²) in [4.78, 5) is 0. The third kappa shape index (κ3) is 2.19.